The third kappa shape index (κ3) is 2.77. The Bertz CT molecular complexity index is 748. The summed E-state index contributed by atoms with van der Waals surface area (Å²) in [5.74, 6) is 0.819. The van der Waals surface area contributed by atoms with Crippen molar-refractivity contribution in [3.8, 4) is 16.9 Å². The summed E-state index contributed by atoms with van der Waals surface area (Å²) in [5, 5.41) is 8.68. The van der Waals surface area contributed by atoms with Gasteiger partial charge in [0.05, 0.1) is 18.5 Å². The predicted molar refractivity (Wildman–Crippen MR) is 85.0 cm³/mol. The van der Waals surface area contributed by atoms with Gasteiger partial charge in [0.15, 0.2) is 0 Å². The maximum atomic E-state index is 5.42. The highest BCUT2D eigenvalue weighted by molar-refractivity contribution is 5.85. The second-order valence-corrected chi connectivity index (χ2v) is 4.87. The maximum absolute atomic E-state index is 5.42. The van der Waals surface area contributed by atoms with Gasteiger partial charge in [0, 0.05) is 17.2 Å². The van der Waals surface area contributed by atoms with Gasteiger partial charge in [0.1, 0.15) is 5.75 Å². The zero-order valence-corrected chi connectivity index (χ0v) is 12.1. The van der Waals surface area contributed by atoms with Crippen LogP contribution in [0.1, 0.15) is 5.56 Å². The van der Waals surface area contributed by atoms with Gasteiger partial charge in [0.25, 0.3) is 0 Å². The first-order valence-corrected chi connectivity index (χ1v) is 6.82. The number of hydrogen-bond donors (Lipinski definition) is 0. The maximum Gasteiger partial charge on any atom is 0.129 e. The van der Waals surface area contributed by atoms with Gasteiger partial charge in [-0.15, -0.1) is 5.11 Å². The Hall–Kier alpha value is -2.68. The summed E-state index contributed by atoms with van der Waals surface area (Å²) in [6, 6.07) is 19.9. The molecule has 2 aliphatic rings. The van der Waals surface area contributed by atoms with Crippen LogP contribution < -0.4 is 4.74 Å². The van der Waals surface area contributed by atoms with Gasteiger partial charge in [-0.25, -0.2) is 0 Å². The van der Waals surface area contributed by atoms with Gasteiger partial charge in [0.2, 0.25) is 0 Å². The van der Waals surface area contributed by atoms with E-state index >= 15 is 0 Å². The quantitative estimate of drug-likeness (QED) is 0.579. The number of hydrogen-bond acceptors (Lipinski definition) is 3. The molecule has 0 amide bonds. The summed E-state index contributed by atoms with van der Waals surface area (Å²) < 4.78 is 5.42. The highest BCUT2D eigenvalue weighted by Gasteiger charge is 2.14. The summed E-state index contributed by atoms with van der Waals surface area (Å²) in [6.07, 6.45) is 0. The van der Waals surface area contributed by atoms with Crippen LogP contribution in [-0.4, -0.2) is 7.11 Å². The second-order valence-electron chi connectivity index (χ2n) is 4.87. The number of benzene rings is 1. The Labute approximate surface area is 124 Å². The van der Waals surface area contributed by atoms with Crippen molar-refractivity contribution < 1.29 is 4.74 Å². The smallest absolute Gasteiger partial charge is 0.129 e. The van der Waals surface area contributed by atoms with E-state index in [0.717, 1.165) is 28.3 Å². The van der Waals surface area contributed by atoms with E-state index in [1.54, 1.807) is 7.11 Å². The Balaban J connectivity index is 2.00. The molecule has 0 saturated heterocycles. The molecule has 21 heavy (non-hydrogen) atoms. The van der Waals surface area contributed by atoms with Crippen LogP contribution in [0, 0.1) is 6.92 Å². The number of rotatable bonds is 3. The molecular formula is C18H16N2O. The van der Waals surface area contributed by atoms with Crippen LogP contribution in [0.25, 0.3) is 11.1 Å². The number of azo groups is 1. The van der Waals surface area contributed by atoms with Crippen molar-refractivity contribution in [1.29, 1.82) is 0 Å². The van der Waals surface area contributed by atoms with Crippen LogP contribution >= 0.6 is 0 Å². The lowest BCUT2D eigenvalue weighted by molar-refractivity contribution is 0.418. The van der Waals surface area contributed by atoms with Crippen molar-refractivity contribution in [3.63, 3.8) is 0 Å². The summed E-state index contributed by atoms with van der Waals surface area (Å²) in [5.41, 5.74) is 4.95. The van der Waals surface area contributed by atoms with Gasteiger partial charge < -0.3 is 4.74 Å². The monoisotopic (exact) mass is 276 g/mol. The van der Waals surface area contributed by atoms with Crippen LogP contribution in [0.5, 0.6) is 5.75 Å². The first kappa shape index (κ1) is 13.3. The van der Waals surface area contributed by atoms with Gasteiger partial charge in [-0.2, -0.15) is 5.11 Å². The van der Waals surface area contributed by atoms with E-state index in [4.69, 9.17) is 4.74 Å². The summed E-state index contributed by atoms with van der Waals surface area (Å²) in [4.78, 5) is 0. The van der Waals surface area contributed by atoms with Gasteiger partial charge in [-0.3, -0.25) is 0 Å². The number of methoxy groups -OCH3 is 1. The molecule has 1 aromatic rings. The zero-order valence-electron chi connectivity index (χ0n) is 12.1. The molecular weight excluding hydrogens is 260 g/mol. The Morgan fingerprint density at radius 1 is 0.810 bits per heavy atom. The molecule has 1 aromatic carbocycles. The van der Waals surface area contributed by atoms with Crippen molar-refractivity contribution in [2.24, 2.45) is 10.2 Å². The molecule has 104 valence electrons. The Kier molecular flexibility index (Phi) is 3.65. The van der Waals surface area contributed by atoms with Crippen LogP contribution in [0.4, 0.5) is 11.4 Å². The summed E-state index contributed by atoms with van der Waals surface area (Å²) >= 11 is 0. The lowest BCUT2D eigenvalue weighted by Gasteiger charge is -1.98. The molecule has 3 heteroatoms. The van der Waals surface area contributed by atoms with Crippen LogP contribution in [-0.2, 0) is 0 Å². The molecule has 0 heterocycles. The molecule has 0 N–H and O–H groups in total. The van der Waals surface area contributed by atoms with Crippen LogP contribution in [0.2, 0.25) is 0 Å². The van der Waals surface area contributed by atoms with E-state index < -0.39 is 0 Å². The lowest BCUT2D eigenvalue weighted by Crippen LogP contribution is -1.79. The van der Waals surface area contributed by atoms with Crippen molar-refractivity contribution in [3.05, 3.63) is 66.2 Å². The number of aryl methyl sites for hydroxylation is 1. The highest BCUT2D eigenvalue weighted by Crippen LogP contribution is 2.42. The summed E-state index contributed by atoms with van der Waals surface area (Å²) in [6.45, 7) is 2.05. The molecule has 2 aliphatic carbocycles. The summed E-state index contributed by atoms with van der Waals surface area (Å²) in [7, 11) is 1.67. The average Bonchev–Trinajstić information content (AvgIpc) is 2.68. The molecule has 0 radical (unpaired) electrons. The minimum Gasteiger partial charge on any atom is -0.496 e. The van der Waals surface area contributed by atoms with E-state index in [-0.39, 0.29) is 0 Å². The first-order chi connectivity index (χ1) is 10.3. The first-order valence-electron chi connectivity index (χ1n) is 6.82. The minimum absolute atomic E-state index is 0.818. The van der Waals surface area contributed by atoms with E-state index in [1.807, 2.05) is 60.7 Å². The predicted octanol–water partition coefficient (Wildman–Crippen LogP) is 5.52. The third-order valence-electron chi connectivity index (χ3n) is 3.37. The fourth-order valence-electron chi connectivity index (χ4n) is 2.24. The lowest BCUT2D eigenvalue weighted by atomic mass is 10.2. The number of fused-ring (bicyclic) bond motifs is 1. The van der Waals surface area contributed by atoms with Crippen LogP contribution in [0.3, 0.4) is 0 Å². The second kappa shape index (κ2) is 5.75. The number of nitrogens with zero attached hydrogens (tertiary/aromatic N) is 2. The molecule has 0 aromatic heterocycles. The molecule has 0 unspecified atom stereocenters. The largest absolute Gasteiger partial charge is 0.496 e. The zero-order chi connectivity index (χ0) is 14.7. The van der Waals surface area contributed by atoms with Gasteiger partial charge in [-0.05, 0) is 19.1 Å². The van der Waals surface area contributed by atoms with E-state index in [1.165, 1.54) is 5.56 Å². The molecule has 0 aliphatic heterocycles. The fraction of sp³-hybridized carbons (Fsp3) is 0.111. The third-order valence-corrected chi connectivity index (χ3v) is 3.37. The standard InChI is InChI=1S/C18H16N2O/c1-13-8-10-14(11-9-13)19-20-17-12-18(21-2)16-7-5-3-4-6-15(16)17/h3-12H,1-2H3. The number of ether oxygens (including phenoxy) is 1. The van der Waals surface area contributed by atoms with E-state index in [2.05, 4.69) is 17.2 Å². The highest BCUT2D eigenvalue weighted by atomic mass is 16.5. The van der Waals surface area contributed by atoms with E-state index in [9.17, 15) is 0 Å². The van der Waals surface area contributed by atoms with Crippen molar-refractivity contribution in [2.75, 3.05) is 7.11 Å². The minimum atomic E-state index is 0.818. The molecule has 0 saturated carbocycles. The van der Waals surface area contributed by atoms with Crippen molar-refractivity contribution in [2.45, 2.75) is 6.92 Å². The molecule has 0 spiro atoms. The molecule has 0 atom stereocenters. The van der Waals surface area contributed by atoms with E-state index in [0.29, 0.717) is 0 Å². The normalized spacial score (nSPS) is 11.1. The van der Waals surface area contributed by atoms with Gasteiger partial charge >= 0.3 is 0 Å². The molecule has 0 fully saturated rings. The fourth-order valence-corrected chi connectivity index (χ4v) is 2.24. The Morgan fingerprint density at radius 2 is 1.52 bits per heavy atom. The SMILES string of the molecule is COc1cc(N=Nc2ccc(C)cc2)c2cccccc1-2. The van der Waals surface area contributed by atoms with Gasteiger partial charge in [-0.1, -0.05) is 48.0 Å². The topological polar surface area (TPSA) is 34.0 Å². The van der Waals surface area contributed by atoms with Crippen molar-refractivity contribution >= 4 is 11.4 Å². The molecule has 3 nitrogen and oxygen atoms in total. The molecule has 0 bridgehead atoms. The van der Waals surface area contributed by atoms with Crippen LogP contribution in [0.15, 0.2) is 70.9 Å². The van der Waals surface area contributed by atoms with Crippen molar-refractivity contribution in [1.82, 2.24) is 0 Å². The Morgan fingerprint density at radius 3 is 2.24 bits per heavy atom. The average molecular weight is 276 g/mol. The molecule has 3 rings (SSSR count).